The van der Waals surface area contributed by atoms with Crippen LogP contribution < -0.4 is 52.9 Å². The number of rotatable bonds is 20. The molecule has 8 fully saturated rings. The van der Waals surface area contributed by atoms with Gasteiger partial charge in [0.15, 0.2) is 45.8 Å². The number of aromatic hydroxyl groups is 2. The van der Waals surface area contributed by atoms with Gasteiger partial charge in [-0.1, -0.05) is 26.7 Å². The maximum Gasteiger partial charge on any atom is 0.343 e. The number of halogens is 12. The Kier molecular flexibility index (Phi) is 27.1. The average Bonchev–Trinajstić information content (AvgIpc) is 1.57. The summed E-state index contributed by atoms with van der Waals surface area (Å²) in [7, 11) is 0. The summed E-state index contributed by atoms with van der Waals surface area (Å²) in [6, 6.07) is 0.429. The first-order valence-corrected chi connectivity index (χ1v) is 46.5. The number of benzene rings is 4. The third kappa shape index (κ3) is 17.5. The summed E-state index contributed by atoms with van der Waals surface area (Å²) in [6.07, 6.45) is 22.5. The molecule has 12 aliphatic rings. The fourth-order valence-electron chi connectivity index (χ4n) is 22.9. The Bertz CT molecular complexity index is 6370. The molecule has 8 aromatic rings. The van der Waals surface area contributed by atoms with Crippen molar-refractivity contribution in [1.29, 1.82) is 0 Å². The summed E-state index contributed by atoms with van der Waals surface area (Å²) >= 11 is 0. The molecule has 0 spiro atoms. The van der Waals surface area contributed by atoms with Gasteiger partial charge in [0, 0.05) is 152 Å². The van der Waals surface area contributed by atoms with Crippen LogP contribution in [-0.2, 0) is 30.9 Å². The number of nitrogens with one attached hydrogen (secondary N) is 3. The topological polar surface area (TPSA) is 368 Å². The van der Waals surface area contributed by atoms with Crippen molar-refractivity contribution in [3.63, 3.8) is 0 Å². The van der Waals surface area contributed by atoms with Crippen LogP contribution in [0, 0.1) is 69.8 Å². The first-order chi connectivity index (χ1) is 66.0. The molecule has 12 aliphatic heterocycles. The van der Waals surface area contributed by atoms with Gasteiger partial charge in [0.05, 0.1) is 60.1 Å². The summed E-state index contributed by atoms with van der Waals surface area (Å²) in [5.41, 5.74) is -2.49. The minimum atomic E-state index is -1.23. The van der Waals surface area contributed by atoms with Crippen LogP contribution in [0.2, 0.25) is 0 Å². The minimum Gasteiger partial charge on any atom is -0.503 e. The Labute approximate surface area is 786 Å². The normalized spacial score (nSPS) is 23.2. The Hall–Kier alpha value is -13.2. The zero-order valence-electron chi connectivity index (χ0n) is 76.8. The summed E-state index contributed by atoms with van der Waals surface area (Å²) in [4.78, 5) is 163. The van der Waals surface area contributed by atoms with Gasteiger partial charge in [-0.25, -0.2) is 57.5 Å². The molecule has 8 saturated heterocycles. The van der Waals surface area contributed by atoms with E-state index in [-0.39, 0.29) is 111 Å². The van der Waals surface area contributed by atoms with E-state index in [1.165, 1.54) is 61.6 Å². The molecule has 29 nitrogen and oxygen atoms in total. The van der Waals surface area contributed by atoms with Crippen molar-refractivity contribution in [3.8, 4) is 23.0 Å². The number of ether oxygens (including phenoxy) is 3. The largest absolute Gasteiger partial charge is 0.503 e. The highest BCUT2D eigenvalue weighted by atomic mass is 19.2. The van der Waals surface area contributed by atoms with E-state index in [1.807, 2.05) is 23.6 Å². The van der Waals surface area contributed by atoms with Crippen LogP contribution >= 0.6 is 0 Å². The number of amides is 7. The second kappa shape index (κ2) is 38.2. The highest BCUT2D eigenvalue weighted by Crippen LogP contribution is 2.55. The van der Waals surface area contributed by atoms with Crippen LogP contribution in [0.4, 0.5) is 52.7 Å². The number of hydrogen-bond acceptors (Lipinski definition) is 18. The summed E-state index contributed by atoms with van der Waals surface area (Å²) in [5, 5.41) is 28.1. The molecule has 0 unspecified atom stereocenters. The lowest BCUT2D eigenvalue weighted by molar-refractivity contribution is 0.0469. The van der Waals surface area contributed by atoms with E-state index in [9.17, 15) is 120 Å². The molecule has 20 rings (SSSR count). The van der Waals surface area contributed by atoms with Crippen LogP contribution in [-0.4, -0.2) is 162 Å². The van der Waals surface area contributed by atoms with Gasteiger partial charge < -0.3 is 84.0 Å². The van der Waals surface area contributed by atoms with Gasteiger partial charge in [-0.15, -0.1) is 0 Å². The lowest BCUT2D eigenvalue weighted by atomic mass is 9.86. The van der Waals surface area contributed by atoms with E-state index in [4.69, 9.17) is 19.9 Å². The van der Waals surface area contributed by atoms with Crippen LogP contribution in [0.15, 0.2) is 92.5 Å². The summed E-state index contributed by atoms with van der Waals surface area (Å²) < 4.78 is 185. The monoisotopic (exact) mass is 1950 g/mol. The Morgan fingerprint density at radius 3 is 0.871 bits per heavy atom. The number of nitrogens with zero attached hydrogens (tertiary/aromatic N) is 8. The Balaban J connectivity index is 0.000000129. The van der Waals surface area contributed by atoms with Crippen molar-refractivity contribution in [1.82, 2.24) is 53.8 Å². The fourth-order valence-corrected chi connectivity index (χ4v) is 22.9. The highest BCUT2D eigenvalue weighted by Gasteiger charge is 2.62. The van der Waals surface area contributed by atoms with Crippen molar-refractivity contribution in [2.75, 3.05) is 19.8 Å². The van der Waals surface area contributed by atoms with Crippen LogP contribution in [0.1, 0.15) is 307 Å². The van der Waals surface area contributed by atoms with Crippen molar-refractivity contribution in [2.45, 2.75) is 274 Å². The molecule has 4 aromatic carbocycles. The molecule has 16 heterocycles. The van der Waals surface area contributed by atoms with Gasteiger partial charge >= 0.3 is 5.97 Å². The second-order valence-corrected chi connectivity index (χ2v) is 37.9. The molecule has 740 valence electrons. The average molecular weight is 1950 g/mol. The molecular formula is C98H102F12N12O17. The number of aromatic nitrogens is 4. The number of unbranched alkanes of at least 4 members (excludes halogenated alkanes) is 2. The summed E-state index contributed by atoms with van der Waals surface area (Å²) in [5.74, 6) is -19.7. The lowest BCUT2D eigenvalue weighted by Crippen LogP contribution is -2.53. The Morgan fingerprint density at radius 1 is 0.374 bits per heavy atom. The number of pyridine rings is 4. The fraction of sp³-hybridized carbons (Fsp3) is 0.469. The molecule has 4 aromatic heterocycles. The SMILES string of the molecule is CCCCOc1c2n(cc(C(=O)N[C@H](C)c3c(F)cc(F)cc3F)c1=O)CC13CCC(CC1)N3C2=O.CCCCOc1c2n(cc(C(=O)OCC)c1=O)CC13CCC(CC1)N3C2=O.C[C@@H](N)c1c(F)cc(F)cc1F.C[C@@H](NC(=O)c1cn2c(c(O)c1=O)C(=O)N1C3CCC1(CC3)C2)c1c(F)cc(F)cc1F.C[C@@H](NC(=O)c1cn2c(c(O)c1=O)C(=O)N1C3CCC1(CC3)C2)c1c(F)cc(F)cc1F. The quantitative estimate of drug-likeness (QED) is 0.0234. The maximum atomic E-state index is 14.2. The molecule has 4 atom stereocenters. The molecule has 0 saturated carbocycles. The van der Waals surface area contributed by atoms with Gasteiger partial charge in [-0.3, -0.25) is 52.7 Å². The number of fused-ring (bicyclic) bond motifs is 4. The minimum absolute atomic E-state index is 0.000142. The third-order valence-corrected chi connectivity index (χ3v) is 29.3. The predicted molar refractivity (Wildman–Crippen MR) is 473 cm³/mol. The smallest absolute Gasteiger partial charge is 0.343 e. The molecule has 139 heavy (non-hydrogen) atoms. The van der Waals surface area contributed by atoms with E-state index in [2.05, 4.69) is 16.0 Å². The van der Waals surface area contributed by atoms with Crippen LogP contribution in [0.5, 0.6) is 23.0 Å². The van der Waals surface area contributed by atoms with Gasteiger partial charge in [0.25, 0.3) is 41.4 Å². The van der Waals surface area contributed by atoms with Gasteiger partial charge in [0.2, 0.25) is 21.7 Å². The third-order valence-electron chi connectivity index (χ3n) is 29.3. The van der Waals surface area contributed by atoms with E-state index < -0.39 is 202 Å². The first kappa shape index (κ1) is 98.8. The van der Waals surface area contributed by atoms with Crippen molar-refractivity contribution < 1.29 is 115 Å². The molecule has 0 aliphatic carbocycles. The standard InChI is InChI=1S/C26H28F3N3O4.2C22H20F3N3O4.C20H26N2O5.C8H8F3N/c1-3-4-9-36-23-21-25(35)32-16-5-7-26(32,8-6-16)13-31(21)12-17(22(23)33)24(34)30-14(2)20-18(28)10-15(27)11-19(20)29;2*1-10(16-14(24)6-11(23)7-15(16)25)26-20(31)13-8-27-9-22-4-2-12(3-5-22)28(22)21(32)17(27)19(30)18(13)29;1-3-5-10-27-17-15-18(24)22-13-6-8-20(22,9-7-13)12-21(15)11-14(16(17)23)19(25)26-4-2;1-4(12)8-6(10)2-5(9)3-7(8)11/h10-12,14,16H,3-9,13H2,1-2H3,(H,30,34);2*6-8,10,12,30H,2-5,9H2,1H3,(H,26,31);11,13H,3-10,12H2,1-2H3;2-4H,12H2,1H3/t14-,16?,26?;2*10-,12?,22?;;4-/m111.1/s1. The molecule has 0 radical (unpaired) electrons. The van der Waals surface area contributed by atoms with E-state index in [1.54, 1.807) is 25.9 Å². The zero-order valence-corrected chi connectivity index (χ0v) is 76.8. The van der Waals surface area contributed by atoms with Gasteiger partial charge in [-0.2, -0.15) is 0 Å². The van der Waals surface area contributed by atoms with Crippen molar-refractivity contribution in [2.24, 2.45) is 5.73 Å². The Morgan fingerprint density at radius 2 is 0.612 bits per heavy atom. The first-order valence-electron chi connectivity index (χ1n) is 46.5. The zero-order chi connectivity index (χ0) is 100. The molecule has 7 amide bonds. The van der Waals surface area contributed by atoms with E-state index in [0.717, 1.165) is 122 Å². The number of esters is 1. The second-order valence-electron chi connectivity index (χ2n) is 37.9. The number of hydrogen-bond donors (Lipinski definition) is 6. The molecule has 7 N–H and O–H groups in total. The molecular weight excluding hydrogens is 1850 g/mol. The van der Waals surface area contributed by atoms with E-state index in [0.29, 0.717) is 87.7 Å². The summed E-state index contributed by atoms with van der Waals surface area (Å²) in [6.45, 7) is 13.5. The van der Waals surface area contributed by atoms with Crippen LogP contribution in [0.3, 0.4) is 0 Å². The van der Waals surface area contributed by atoms with Crippen molar-refractivity contribution in [3.05, 3.63) is 251 Å². The maximum absolute atomic E-state index is 14.2. The number of nitrogens with two attached hydrogens (primary N) is 1. The van der Waals surface area contributed by atoms with Gasteiger partial charge in [-0.05, 0) is 150 Å². The highest BCUT2D eigenvalue weighted by molar-refractivity contribution is 6.03. The molecule has 8 bridgehead atoms. The van der Waals surface area contributed by atoms with Crippen LogP contribution in [0.25, 0.3) is 0 Å². The van der Waals surface area contributed by atoms with Crippen molar-refractivity contribution >= 4 is 47.3 Å². The number of carbonyl (C=O) groups excluding carboxylic acids is 8. The predicted octanol–water partition coefficient (Wildman–Crippen LogP) is 13.8. The molecule has 41 heteroatoms. The lowest BCUT2D eigenvalue weighted by Gasteiger charge is -2.41. The van der Waals surface area contributed by atoms with Gasteiger partial charge in [0.1, 0.15) is 92.1 Å². The van der Waals surface area contributed by atoms with E-state index >= 15 is 0 Å². The number of carbonyl (C=O) groups is 8.